The number of hydrogen-bond acceptors (Lipinski definition) is 2. The average Bonchev–Trinajstić information content (AvgIpc) is 1.89. The molecule has 0 fully saturated rings. The summed E-state index contributed by atoms with van der Waals surface area (Å²) in [5.74, 6) is 0. The van der Waals surface area contributed by atoms with Crippen LogP contribution in [0.15, 0.2) is 11.8 Å². The van der Waals surface area contributed by atoms with Gasteiger partial charge in [-0.3, -0.25) is 10.1 Å². The van der Waals surface area contributed by atoms with Crippen molar-refractivity contribution in [3.63, 3.8) is 0 Å². The van der Waals surface area contributed by atoms with Gasteiger partial charge >= 0.3 is 0 Å². The summed E-state index contributed by atoms with van der Waals surface area (Å²) in [6, 6.07) is 0. The molecule has 3 heteroatoms. The molecule has 0 N–H and O–H groups in total. The van der Waals surface area contributed by atoms with Crippen LogP contribution in [0.25, 0.3) is 0 Å². The van der Waals surface area contributed by atoms with Crippen molar-refractivity contribution in [2.24, 2.45) is 0 Å². The maximum atomic E-state index is 10.2. The SMILES string of the molecule is CCCC=C(CC)[N+](=O)[O-]. The Labute approximate surface area is 60.9 Å². The number of hydrogen-bond donors (Lipinski definition) is 0. The Morgan fingerprint density at radius 2 is 2.20 bits per heavy atom. The zero-order valence-electron chi connectivity index (χ0n) is 6.46. The molecule has 0 aliphatic heterocycles. The standard InChI is InChI=1S/C7H13NO2/c1-3-5-6-7(4-2)8(9)10/h6H,3-5H2,1-2H3. The van der Waals surface area contributed by atoms with Crippen molar-refractivity contribution >= 4 is 0 Å². The second-order valence-electron chi connectivity index (χ2n) is 2.09. The third-order valence-electron chi connectivity index (χ3n) is 1.27. The van der Waals surface area contributed by atoms with E-state index in [-0.39, 0.29) is 4.92 Å². The number of allylic oxidation sites excluding steroid dienone is 2. The third-order valence-corrected chi connectivity index (χ3v) is 1.27. The van der Waals surface area contributed by atoms with E-state index in [4.69, 9.17) is 0 Å². The van der Waals surface area contributed by atoms with E-state index in [0.29, 0.717) is 12.1 Å². The van der Waals surface area contributed by atoms with Crippen LogP contribution in [0, 0.1) is 10.1 Å². The van der Waals surface area contributed by atoms with Crippen molar-refractivity contribution in [3.05, 3.63) is 21.9 Å². The molecule has 0 aromatic rings. The number of nitrogens with zero attached hydrogens (tertiary/aromatic N) is 1. The van der Waals surface area contributed by atoms with Crippen LogP contribution in [0.3, 0.4) is 0 Å². The van der Waals surface area contributed by atoms with E-state index < -0.39 is 0 Å². The van der Waals surface area contributed by atoms with E-state index in [1.807, 2.05) is 6.92 Å². The summed E-state index contributed by atoms with van der Waals surface area (Å²) in [5.41, 5.74) is 0.335. The number of unbranched alkanes of at least 4 members (excludes halogenated alkanes) is 1. The molecule has 0 unspecified atom stereocenters. The Kier molecular flexibility index (Phi) is 4.54. The van der Waals surface area contributed by atoms with Crippen molar-refractivity contribution in [1.82, 2.24) is 0 Å². The van der Waals surface area contributed by atoms with Crippen LogP contribution in [-0.4, -0.2) is 4.92 Å². The predicted molar refractivity (Wildman–Crippen MR) is 40.3 cm³/mol. The van der Waals surface area contributed by atoms with Gasteiger partial charge in [0.25, 0.3) is 0 Å². The fraction of sp³-hybridized carbons (Fsp3) is 0.714. The number of nitro groups is 1. The van der Waals surface area contributed by atoms with Crippen molar-refractivity contribution in [2.75, 3.05) is 0 Å². The topological polar surface area (TPSA) is 43.1 Å². The predicted octanol–water partition coefficient (Wildman–Crippen LogP) is 2.36. The molecular weight excluding hydrogens is 130 g/mol. The van der Waals surface area contributed by atoms with Crippen LogP contribution in [0.4, 0.5) is 0 Å². The Balaban J connectivity index is 3.91. The first-order chi connectivity index (χ1) is 4.72. The average molecular weight is 143 g/mol. The first kappa shape index (κ1) is 9.14. The summed E-state index contributed by atoms with van der Waals surface area (Å²) >= 11 is 0. The summed E-state index contributed by atoms with van der Waals surface area (Å²) in [4.78, 5) is 9.86. The first-order valence-corrected chi connectivity index (χ1v) is 3.55. The van der Waals surface area contributed by atoms with Gasteiger partial charge in [0.2, 0.25) is 5.70 Å². The Morgan fingerprint density at radius 3 is 2.50 bits per heavy atom. The molecule has 0 atom stereocenters. The zero-order chi connectivity index (χ0) is 7.98. The highest BCUT2D eigenvalue weighted by Crippen LogP contribution is 2.03. The minimum Gasteiger partial charge on any atom is -0.259 e. The second kappa shape index (κ2) is 4.97. The second-order valence-corrected chi connectivity index (χ2v) is 2.09. The summed E-state index contributed by atoms with van der Waals surface area (Å²) in [5, 5.41) is 10.2. The Morgan fingerprint density at radius 1 is 1.60 bits per heavy atom. The first-order valence-electron chi connectivity index (χ1n) is 3.55. The monoisotopic (exact) mass is 143 g/mol. The normalized spacial score (nSPS) is 11.6. The van der Waals surface area contributed by atoms with Crippen molar-refractivity contribution in [1.29, 1.82) is 0 Å². The van der Waals surface area contributed by atoms with E-state index in [0.717, 1.165) is 12.8 Å². The molecule has 58 valence electrons. The van der Waals surface area contributed by atoms with Crippen molar-refractivity contribution < 1.29 is 4.92 Å². The van der Waals surface area contributed by atoms with Gasteiger partial charge < -0.3 is 0 Å². The molecule has 0 aliphatic rings. The van der Waals surface area contributed by atoms with Crippen LogP contribution in [0.5, 0.6) is 0 Å². The Bertz CT molecular complexity index is 141. The van der Waals surface area contributed by atoms with Crippen LogP contribution >= 0.6 is 0 Å². The van der Waals surface area contributed by atoms with Gasteiger partial charge in [0, 0.05) is 6.42 Å². The molecule has 10 heavy (non-hydrogen) atoms. The fourth-order valence-corrected chi connectivity index (χ4v) is 0.659. The van der Waals surface area contributed by atoms with Gasteiger partial charge in [0.1, 0.15) is 0 Å². The van der Waals surface area contributed by atoms with Crippen LogP contribution < -0.4 is 0 Å². The smallest absolute Gasteiger partial charge is 0.242 e. The van der Waals surface area contributed by atoms with Gasteiger partial charge in [-0.15, -0.1) is 0 Å². The highest BCUT2D eigenvalue weighted by Gasteiger charge is 2.04. The summed E-state index contributed by atoms with van der Waals surface area (Å²) in [6.07, 6.45) is 3.99. The number of rotatable bonds is 4. The summed E-state index contributed by atoms with van der Waals surface area (Å²) < 4.78 is 0. The highest BCUT2D eigenvalue weighted by atomic mass is 16.6. The summed E-state index contributed by atoms with van der Waals surface area (Å²) in [7, 11) is 0. The lowest BCUT2D eigenvalue weighted by molar-refractivity contribution is -0.427. The van der Waals surface area contributed by atoms with Crippen molar-refractivity contribution in [3.8, 4) is 0 Å². The minimum absolute atomic E-state index is 0.310. The lowest BCUT2D eigenvalue weighted by Crippen LogP contribution is -1.96. The molecular formula is C7H13NO2. The fourth-order valence-electron chi connectivity index (χ4n) is 0.659. The quantitative estimate of drug-likeness (QED) is 0.448. The molecule has 0 saturated carbocycles. The van der Waals surface area contributed by atoms with E-state index >= 15 is 0 Å². The molecule has 0 heterocycles. The van der Waals surface area contributed by atoms with Crippen molar-refractivity contribution in [2.45, 2.75) is 33.1 Å². The minimum atomic E-state index is -0.310. The maximum Gasteiger partial charge on any atom is 0.242 e. The lowest BCUT2D eigenvalue weighted by Gasteiger charge is -1.91. The molecule has 0 saturated heterocycles. The van der Waals surface area contributed by atoms with Crippen LogP contribution in [0.1, 0.15) is 33.1 Å². The van der Waals surface area contributed by atoms with E-state index in [1.165, 1.54) is 0 Å². The van der Waals surface area contributed by atoms with Gasteiger partial charge in [-0.25, -0.2) is 0 Å². The van der Waals surface area contributed by atoms with Crippen LogP contribution in [-0.2, 0) is 0 Å². The van der Waals surface area contributed by atoms with E-state index in [9.17, 15) is 10.1 Å². The van der Waals surface area contributed by atoms with E-state index in [2.05, 4.69) is 0 Å². The molecule has 0 rings (SSSR count). The van der Waals surface area contributed by atoms with Gasteiger partial charge in [-0.05, 0) is 12.5 Å². The zero-order valence-corrected chi connectivity index (χ0v) is 6.46. The van der Waals surface area contributed by atoms with Gasteiger partial charge in [-0.2, -0.15) is 0 Å². The molecule has 0 aromatic carbocycles. The molecule has 0 radical (unpaired) electrons. The summed E-state index contributed by atoms with van der Waals surface area (Å²) in [6.45, 7) is 3.80. The Hall–Kier alpha value is -0.860. The van der Waals surface area contributed by atoms with Gasteiger partial charge in [-0.1, -0.05) is 20.3 Å². The van der Waals surface area contributed by atoms with Gasteiger partial charge in [0.05, 0.1) is 4.92 Å². The molecule has 0 bridgehead atoms. The largest absolute Gasteiger partial charge is 0.259 e. The third kappa shape index (κ3) is 3.22. The maximum absolute atomic E-state index is 10.2. The van der Waals surface area contributed by atoms with E-state index in [1.54, 1.807) is 13.0 Å². The molecule has 0 spiro atoms. The highest BCUT2D eigenvalue weighted by molar-refractivity contribution is 4.89. The molecule has 0 amide bonds. The molecule has 0 aromatic heterocycles. The molecule has 3 nitrogen and oxygen atoms in total. The van der Waals surface area contributed by atoms with Crippen LogP contribution in [0.2, 0.25) is 0 Å². The molecule has 0 aliphatic carbocycles. The van der Waals surface area contributed by atoms with Gasteiger partial charge in [0.15, 0.2) is 0 Å². The lowest BCUT2D eigenvalue weighted by atomic mass is 10.2.